The van der Waals surface area contributed by atoms with Crippen LogP contribution in [0.25, 0.3) is 0 Å². The van der Waals surface area contributed by atoms with E-state index in [0.717, 1.165) is 44.9 Å². The van der Waals surface area contributed by atoms with Gasteiger partial charge in [0.25, 0.3) is 0 Å². The Bertz CT molecular complexity index is 1220. The minimum absolute atomic E-state index is 0. The number of hydrogen-bond acceptors (Lipinski definition) is 9. The first-order valence-electron chi connectivity index (χ1n) is 17.4. The molecule has 5 fully saturated rings. The van der Waals surface area contributed by atoms with E-state index >= 15 is 0 Å². The molecule has 10 heteroatoms. The monoisotopic (exact) mass is 656 g/mol. The molecule has 0 bridgehead atoms. The average molecular weight is 657 g/mol. The molecule has 0 aromatic heterocycles. The second-order valence-electron chi connectivity index (χ2n) is 17.9. The first kappa shape index (κ1) is 37.2. The SMILES string of the molecule is CC1(C)CC[C@]2(C(=O)[O-])[C@H](O)C[C@]3(C)C(=CC[C@@H]4[C@@]5(C)CC[C@H](O[C@@H]6O[C@H](CO)[C@@H](O)[C@H](O)[C@H]6O)C(C)(C)[C@@H]5CC[C@]43C)[C@@H]2C1.[Na+]. The van der Waals surface area contributed by atoms with Gasteiger partial charge in [0, 0.05) is 5.41 Å². The largest absolute Gasteiger partial charge is 1.00 e. The van der Waals surface area contributed by atoms with Crippen LogP contribution in [0.4, 0.5) is 0 Å². The van der Waals surface area contributed by atoms with Crippen LogP contribution in [0.2, 0.25) is 0 Å². The Morgan fingerprint density at radius 3 is 2.22 bits per heavy atom. The molecule has 5 N–H and O–H groups in total. The maximum atomic E-state index is 12.9. The fourth-order valence-corrected chi connectivity index (χ4v) is 12.3. The Hall–Kier alpha value is -0.0700. The molecule has 4 saturated carbocycles. The Labute approximate surface area is 296 Å². The number of carboxylic acid groups (broad SMARTS) is 1. The van der Waals surface area contributed by atoms with Crippen LogP contribution in [0.15, 0.2) is 11.6 Å². The molecule has 9 nitrogen and oxygen atoms in total. The number of hydrogen-bond donors (Lipinski definition) is 5. The number of aliphatic carboxylic acids is 1. The molecule has 0 spiro atoms. The molecule has 1 aliphatic heterocycles. The summed E-state index contributed by atoms with van der Waals surface area (Å²) in [5, 5.41) is 65.7. The van der Waals surface area contributed by atoms with E-state index in [2.05, 4.69) is 54.5 Å². The summed E-state index contributed by atoms with van der Waals surface area (Å²) in [5.74, 6) is -0.720. The van der Waals surface area contributed by atoms with E-state index in [1.165, 1.54) is 5.57 Å². The number of fused-ring (bicyclic) bond motifs is 7. The molecule has 0 radical (unpaired) electrons. The minimum Gasteiger partial charge on any atom is -0.549 e. The summed E-state index contributed by atoms with van der Waals surface area (Å²) < 4.78 is 12.2. The number of rotatable bonds is 4. The van der Waals surface area contributed by atoms with Crippen LogP contribution in [0.5, 0.6) is 0 Å². The minimum atomic E-state index is -1.48. The van der Waals surface area contributed by atoms with Crippen molar-refractivity contribution in [2.75, 3.05) is 6.61 Å². The van der Waals surface area contributed by atoms with Crippen molar-refractivity contribution in [1.29, 1.82) is 0 Å². The zero-order valence-corrected chi connectivity index (χ0v) is 31.3. The quantitative estimate of drug-likeness (QED) is 0.156. The zero-order valence-electron chi connectivity index (χ0n) is 29.3. The first-order chi connectivity index (χ1) is 20.8. The summed E-state index contributed by atoms with van der Waals surface area (Å²) in [7, 11) is 0. The smallest absolute Gasteiger partial charge is 0.549 e. The first-order valence-corrected chi connectivity index (χ1v) is 17.4. The molecule has 46 heavy (non-hydrogen) atoms. The predicted octanol–water partition coefficient (Wildman–Crippen LogP) is -0.302. The number of carboxylic acids is 1. The Morgan fingerprint density at radius 2 is 1.59 bits per heavy atom. The standard InChI is InChI=1S/C36H58O9.Na/c1-31(2)14-15-36(30(42)43)20(16-31)19-8-9-23-33(5)12-11-25(45-29-28(41)27(40)26(39)21(18-37)44-29)32(3,4)22(33)10-13-34(23,6)35(19,7)17-24(36)38;/h8,20-29,37-41H,9-18H2,1-7H3,(H,42,43);/q;+1/p-1/t20-,21+,22-,23+,24+,25-,26+,27-,28+,29-,33-,34+,35+,36+;/m0./s1. The second kappa shape index (κ2) is 12.0. The summed E-state index contributed by atoms with van der Waals surface area (Å²) >= 11 is 0. The molecule has 1 saturated heterocycles. The van der Waals surface area contributed by atoms with E-state index in [0.29, 0.717) is 18.8 Å². The van der Waals surface area contributed by atoms with Gasteiger partial charge in [0.15, 0.2) is 6.29 Å². The van der Waals surface area contributed by atoms with Crippen molar-refractivity contribution in [3.05, 3.63) is 11.6 Å². The molecule has 5 aliphatic carbocycles. The van der Waals surface area contributed by atoms with Crippen molar-refractivity contribution in [3.8, 4) is 0 Å². The number of carbonyl (C=O) groups excluding carboxylic acids is 1. The fourth-order valence-electron chi connectivity index (χ4n) is 12.3. The van der Waals surface area contributed by atoms with Gasteiger partial charge in [0.05, 0.1) is 24.8 Å². The molecule has 0 aromatic carbocycles. The molecule has 14 atom stereocenters. The van der Waals surface area contributed by atoms with Gasteiger partial charge < -0.3 is 44.9 Å². The number of aliphatic hydroxyl groups excluding tert-OH is 5. The van der Waals surface area contributed by atoms with Gasteiger partial charge in [-0.3, -0.25) is 0 Å². The Kier molecular flexibility index (Phi) is 9.72. The molecule has 0 aromatic rings. The van der Waals surface area contributed by atoms with E-state index < -0.39 is 54.8 Å². The van der Waals surface area contributed by atoms with E-state index in [9.17, 15) is 35.4 Å². The van der Waals surface area contributed by atoms with E-state index in [1.54, 1.807) is 0 Å². The molecule has 6 rings (SSSR count). The number of ether oxygens (including phenoxy) is 2. The maximum Gasteiger partial charge on any atom is 1.00 e. The summed E-state index contributed by atoms with van der Waals surface area (Å²) in [6, 6.07) is 0. The molecule has 6 aliphatic rings. The molecular weight excluding hydrogens is 599 g/mol. The van der Waals surface area contributed by atoms with Gasteiger partial charge in [-0.15, -0.1) is 0 Å². The Balaban J connectivity index is 0.00000417. The molecule has 1 heterocycles. The third-order valence-electron chi connectivity index (χ3n) is 15.2. The molecule has 0 unspecified atom stereocenters. The number of aliphatic hydroxyl groups is 5. The van der Waals surface area contributed by atoms with Gasteiger partial charge in [0.1, 0.15) is 24.4 Å². The topological polar surface area (TPSA) is 160 Å². The van der Waals surface area contributed by atoms with Crippen molar-refractivity contribution in [1.82, 2.24) is 0 Å². The number of allylic oxidation sites excluding steroid dienone is 2. The van der Waals surface area contributed by atoms with Crippen molar-refractivity contribution in [3.63, 3.8) is 0 Å². The summed E-state index contributed by atoms with van der Waals surface area (Å²) in [6.07, 6.45) is 1.42. The van der Waals surface area contributed by atoms with Crippen molar-refractivity contribution >= 4 is 5.97 Å². The van der Waals surface area contributed by atoms with Gasteiger partial charge >= 0.3 is 29.6 Å². The summed E-state index contributed by atoms with van der Waals surface area (Å²) in [4.78, 5) is 12.9. The van der Waals surface area contributed by atoms with Crippen molar-refractivity contribution < 1.29 is 74.5 Å². The summed E-state index contributed by atoms with van der Waals surface area (Å²) in [6.45, 7) is 15.5. The third kappa shape index (κ3) is 5.03. The van der Waals surface area contributed by atoms with Crippen LogP contribution in [-0.2, 0) is 14.3 Å². The van der Waals surface area contributed by atoms with E-state index in [4.69, 9.17) is 9.47 Å². The van der Waals surface area contributed by atoms with Gasteiger partial charge in [-0.25, -0.2) is 0 Å². The molecule has 256 valence electrons. The fraction of sp³-hybridized carbons (Fsp3) is 0.917. The van der Waals surface area contributed by atoms with Crippen LogP contribution in [-0.4, -0.2) is 81.0 Å². The van der Waals surface area contributed by atoms with Gasteiger partial charge in [-0.05, 0) is 103 Å². The van der Waals surface area contributed by atoms with Crippen molar-refractivity contribution in [2.45, 2.75) is 149 Å². The normalized spacial score (nSPS) is 52.5. The van der Waals surface area contributed by atoms with Crippen LogP contribution in [0.1, 0.15) is 106 Å². The van der Waals surface area contributed by atoms with Crippen molar-refractivity contribution in [2.24, 2.45) is 50.2 Å². The number of carbonyl (C=O) groups is 1. The average Bonchev–Trinajstić information content (AvgIpc) is 2.94. The van der Waals surface area contributed by atoms with Crippen LogP contribution in [0.3, 0.4) is 0 Å². The van der Waals surface area contributed by atoms with Gasteiger partial charge in [-0.2, -0.15) is 0 Å². The summed E-state index contributed by atoms with van der Waals surface area (Å²) in [5.41, 5.74) is -0.819. The van der Waals surface area contributed by atoms with Crippen LogP contribution >= 0.6 is 0 Å². The molecular formula is C36H57NaO9. The van der Waals surface area contributed by atoms with Crippen LogP contribution in [0, 0.1) is 50.2 Å². The zero-order chi connectivity index (χ0) is 33.1. The van der Waals surface area contributed by atoms with Crippen LogP contribution < -0.4 is 34.7 Å². The third-order valence-corrected chi connectivity index (χ3v) is 15.2. The maximum absolute atomic E-state index is 12.9. The molecule has 0 amide bonds. The Morgan fingerprint density at radius 1 is 0.913 bits per heavy atom. The van der Waals surface area contributed by atoms with Gasteiger partial charge in [0.2, 0.25) is 0 Å². The predicted molar refractivity (Wildman–Crippen MR) is 164 cm³/mol. The van der Waals surface area contributed by atoms with E-state index in [1.807, 2.05) is 0 Å². The van der Waals surface area contributed by atoms with Gasteiger partial charge in [-0.1, -0.05) is 60.1 Å². The second-order valence-corrected chi connectivity index (χ2v) is 17.9. The van der Waals surface area contributed by atoms with E-state index in [-0.39, 0.29) is 74.6 Å².